The molecule has 0 aliphatic carbocycles. The SMILES string of the molecule is Fc1ccc(C23CNCC(CO2)O3)cc1.O=C(O)/C=C\C(=O)O. The van der Waals surface area contributed by atoms with Crippen LogP contribution in [0.15, 0.2) is 36.4 Å². The number of ether oxygens (including phenoxy) is 2. The second-order valence-electron chi connectivity index (χ2n) is 4.95. The molecule has 0 radical (unpaired) electrons. The minimum Gasteiger partial charge on any atom is -0.478 e. The summed E-state index contributed by atoms with van der Waals surface area (Å²) in [5.41, 5.74) is 0.874. The monoisotopic (exact) mass is 325 g/mol. The molecule has 2 atom stereocenters. The number of rotatable bonds is 3. The van der Waals surface area contributed by atoms with Gasteiger partial charge in [0, 0.05) is 24.3 Å². The van der Waals surface area contributed by atoms with Crippen molar-refractivity contribution in [3.63, 3.8) is 0 Å². The summed E-state index contributed by atoms with van der Waals surface area (Å²) in [6, 6.07) is 6.28. The third-order valence-corrected chi connectivity index (χ3v) is 3.24. The molecule has 2 saturated heterocycles. The highest BCUT2D eigenvalue weighted by molar-refractivity contribution is 5.89. The van der Waals surface area contributed by atoms with E-state index in [9.17, 15) is 14.0 Å². The average Bonchev–Trinajstić information content (AvgIpc) is 2.82. The summed E-state index contributed by atoms with van der Waals surface area (Å²) in [6.07, 6.45) is 1.23. The fourth-order valence-corrected chi connectivity index (χ4v) is 2.26. The number of carbonyl (C=O) groups is 2. The predicted octanol–water partition coefficient (Wildman–Crippen LogP) is 0.709. The van der Waals surface area contributed by atoms with Crippen molar-refractivity contribution >= 4 is 11.9 Å². The zero-order valence-electron chi connectivity index (χ0n) is 12.1. The number of fused-ring (bicyclic) bond motifs is 2. The summed E-state index contributed by atoms with van der Waals surface area (Å²) < 4.78 is 24.3. The predicted molar refractivity (Wildman–Crippen MR) is 76.2 cm³/mol. The summed E-state index contributed by atoms with van der Waals surface area (Å²) in [7, 11) is 0. The maximum atomic E-state index is 12.8. The highest BCUT2D eigenvalue weighted by Crippen LogP contribution is 2.35. The molecule has 3 N–H and O–H groups in total. The molecule has 8 heteroatoms. The van der Waals surface area contributed by atoms with E-state index < -0.39 is 17.7 Å². The van der Waals surface area contributed by atoms with Crippen LogP contribution in [0.1, 0.15) is 5.56 Å². The van der Waals surface area contributed by atoms with E-state index in [4.69, 9.17) is 19.7 Å². The fraction of sp³-hybridized carbons (Fsp3) is 0.333. The van der Waals surface area contributed by atoms with Crippen LogP contribution in [-0.2, 0) is 24.8 Å². The second-order valence-corrected chi connectivity index (χ2v) is 4.95. The Kier molecular flexibility index (Phi) is 5.43. The van der Waals surface area contributed by atoms with Crippen molar-refractivity contribution < 1.29 is 33.7 Å². The van der Waals surface area contributed by atoms with Crippen LogP contribution in [0.3, 0.4) is 0 Å². The molecule has 2 aliphatic rings. The van der Waals surface area contributed by atoms with Gasteiger partial charge in [0.05, 0.1) is 19.3 Å². The van der Waals surface area contributed by atoms with Crippen LogP contribution in [0, 0.1) is 5.82 Å². The van der Waals surface area contributed by atoms with Gasteiger partial charge in [-0.15, -0.1) is 0 Å². The first kappa shape index (κ1) is 17.1. The third kappa shape index (κ3) is 4.59. The quantitative estimate of drug-likeness (QED) is 0.703. The number of carboxylic acid groups (broad SMARTS) is 2. The smallest absolute Gasteiger partial charge is 0.328 e. The first-order valence-electron chi connectivity index (χ1n) is 6.84. The first-order valence-corrected chi connectivity index (χ1v) is 6.84. The van der Waals surface area contributed by atoms with E-state index in [1.54, 1.807) is 12.1 Å². The van der Waals surface area contributed by atoms with Crippen LogP contribution in [0.25, 0.3) is 0 Å². The average molecular weight is 325 g/mol. The normalized spacial score (nSPS) is 25.7. The number of hydrogen-bond donors (Lipinski definition) is 3. The Morgan fingerprint density at radius 1 is 1.22 bits per heavy atom. The number of halogens is 1. The molecular weight excluding hydrogens is 309 g/mol. The maximum absolute atomic E-state index is 12.8. The molecule has 3 rings (SSSR count). The largest absolute Gasteiger partial charge is 0.478 e. The van der Waals surface area contributed by atoms with Crippen molar-refractivity contribution in [1.29, 1.82) is 0 Å². The highest BCUT2D eigenvalue weighted by Gasteiger charge is 2.45. The zero-order valence-corrected chi connectivity index (χ0v) is 12.1. The molecule has 0 aromatic heterocycles. The number of nitrogens with one attached hydrogen (secondary N) is 1. The Bertz CT molecular complexity index is 582. The lowest BCUT2D eigenvalue weighted by molar-refractivity contribution is -0.186. The Hall–Kier alpha value is -2.29. The van der Waals surface area contributed by atoms with E-state index in [1.165, 1.54) is 12.1 Å². The van der Waals surface area contributed by atoms with Crippen molar-refractivity contribution in [2.24, 2.45) is 0 Å². The lowest BCUT2D eigenvalue weighted by Gasteiger charge is -2.32. The molecule has 2 unspecified atom stereocenters. The molecule has 0 saturated carbocycles. The fourth-order valence-electron chi connectivity index (χ4n) is 2.26. The third-order valence-electron chi connectivity index (χ3n) is 3.24. The second kappa shape index (κ2) is 7.32. The summed E-state index contributed by atoms with van der Waals surface area (Å²) in [4.78, 5) is 19.1. The van der Waals surface area contributed by atoms with E-state index >= 15 is 0 Å². The molecular formula is C15H16FNO6. The molecule has 0 spiro atoms. The van der Waals surface area contributed by atoms with E-state index in [0.717, 1.165) is 12.1 Å². The van der Waals surface area contributed by atoms with Gasteiger partial charge in [0.15, 0.2) is 0 Å². The van der Waals surface area contributed by atoms with E-state index in [2.05, 4.69) is 5.32 Å². The van der Waals surface area contributed by atoms with Crippen LogP contribution in [0.2, 0.25) is 0 Å². The Morgan fingerprint density at radius 3 is 2.39 bits per heavy atom. The van der Waals surface area contributed by atoms with Gasteiger partial charge in [0.25, 0.3) is 0 Å². The molecule has 2 heterocycles. The van der Waals surface area contributed by atoms with Gasteiger partial charge in [-0.05, 0) is 12.1 Å². The first-order chi connectivity index (χ1) is 10.9. The maximum Gasteiger partial charge on any atom is 0.328 e. The van der Waals surface area contributed by atoms with Crippen LogP contribution in [-0.4, -0.2) is 48.0 Å². The number of carboxylic acids is 2. The Morgan fingerprint density at radius 2 is 1.83 bits per heavy atom. The van der Waals surface area contributed by atoms with Crippen LogP contribution in [0.4, 0.5) is 4.39 Å². The van der Waals surface area contributed by atoms with E-state index in [0.29, 0.717) is 25.3 Å². The Balaban J connectivity index is 0.000000207. The lowest BCUT2D eigenvalue weighted by Crippen LogP contribution is -2.46. The van der Waals surface area contributed by atoms with Crippen molar-refractivity contribution in [3.05, 3.63) is 47.8 Å². The number of hydrogen-bond acceptors (Lipinski definition) is 5. The van der Waals surface area contributed by atoms with Crippen molar-refractivity contribution in [1.82, 2.24) is 5.32 Å². The van der Waals surface area contributed by atoms with Gasteiger partial charge in [-0.3, -0.25) is 0 Å². The van der Waals surface area contributed by atoms with Gasteiger partial charge in [0.2, 0.25) is 5.79 Å². The highest BCUT2D eigenvalue weighted by atomic mass is 19.1. The molecule has 2 bridgehead atoms. The van der Waals surface area contributed by atoms with Gasteiger partial charge < -0.3 is 25.0 Å². The van der Waals surface area contributed by atoms with Crippen LogP contribution >= 0.6 is 0 Å². The van der Waals surface area contributed by atoms with Gasteiger partial charge in [0.1, 0.15) is 5.82 Å². The molecule has 124 valence electrons. The minimum absolute atomic E-state index is 0.115. The number of morpholine rings is 1. The zero-order chi connectivity index (χ0) is 16.9. The minimum atomic E-state index is -1.26. The standard InChI is InChI=1S/C11H12FNO2.C4H4O4/c12-9-3-1-8(2-4-9)11-7-13-5-10(15-11)6-14-11;5-3(6)1-2-4(7)8/h1-4,10,13H,5-7H2;1-2H,(H,5,6)(H,7,8)/b;2-1-. The molecule has 0 amide bonds. The van der Waals surface area contributed by atoms with Crippen LogP contribution in [0.5, 0.6) is 0 Å². The number of aliphatic carboxylic acids is 2. The topological polar surface area (TPSA) is 105 Å². The summed E-state index contributed by atoms with van der Waals surface area (Å²) in [6.45, 7) is 2.04. The van der Waals surface area contributed by atoms with Crippen molar-refractivity contribution in [2.75, 3.05) is 19.7 Å². The summed E-state index contributed by atoms with van der Waals surface area (Å²) in [5.74, 6) is -3.45. The van der Waals surface area contributed by atoms with Crippen molar-refractivity contribution in [3.8, 4) is 0 Å². The number of benzene rings is 1. The summed E-state index contributed by atoms with van der Waals surface area (Å²) in [5, 5.41) is 18.9. The van der Waals surface area contributed by atoms with Crippen molar-refractivity contribution in [2.45, 2.75) is 11.9 Å². The van der Waals surface area contributed by atoms with Gasteiger partial charge in [-0.1, -0.05) is 12.1 Å². The molecule has 7 nitrogen and oxygen atoms in total. The molecule has 1 aromatic rings. The van der Waals surface area contributed by atoms with E-state index in [-0.39, 0.29) is 11.9 Å². The summed E-state index contributed by atoms with van der Waals surface area (Å²) >= 11 is 0. The lowest BCUT2D eigenvalue weighted by atomic mass is 10.0. The molecule has 2 fully saturated rings. The molecule has 2 aliphatic heterocycles. The molecule has 23 heavy (non-hydrogen) atoms. The van der Waals surface area contributed by atoms with Gasteiger partial charge in [-0.25, -0.2) is 14.0 Å². The van der Waals surface area contributed by atoms with Gasteiger partial charge >= 0.3 is 11.9 Å². The van der Waals surface area contributed by atoms with Gasteiger partial charge in [-0.2, -0.15) is 0 Å². The molecule has 1 aromatic carbocycles. The van der Waals surface area contributed by atoms with Crippen LogP contribution < -0.4 is 5.32 Å². The Labute approximate surface area is 131 Å². The van der Waals surface area contributed by atoms with E-state index in [1.807, 2.05) is 0 Å².